The van der Waals surface area contributed by atoms with Gasteiger partial charge in [0.2, 0.25) is 0 Å². The fourth-order valence-corrected chi connectivity index (χ4v) is 8.21. The van der Waals surface area contributed by atoms with Crippen LogP contribution in [0.1, 0.15) is 65.2 Å². The zero-order valence-corrected chi connectivity index (χ0v) is 18.5. The number of aliphatic hydroxyl groups is 2. The van der Waals surface area contributed by atoms with Crippen molar-refractivity contribution in [2.24, 2.45) is 45.6 Å². The van der Waals surface area contributed by atoms with Gasteiger partial charge in [-0.3, -0.25) is 4.79 Å². The van der Waals surface area contributed by atoms with Crippen molar-refractivity contribution in [1.82, 2.24) is 5.32 Å². The SMILES string of the molecule is C[C@]12CCC(=NO[C@H]3CCNC3)CC1C(CO)C(O)[C@@H]1[C@H]2CC[C@]2(C)C(=O)CC[C@@H]12. The lowest BCUT2D eigenvalue weighted by molar-refractivity contribution is -0.188. The van der Waals surface area contributed by atoms with Crippen LogP contribution in [0.15, 0.2) is 5.16 Å². The van der Waals surface area contributed by atoms with Gasteiger partial charge in [-0.15, -0.1) is 0 Å². The Morgan fingerprint density at radius 3 is 2.70 bits per heavy atom. The molecule has 4 saturated carbocycles. The fraction of sp³-hybridized carbons (Fsp3) is 0.917. The van der Waals surface area contributed by atoms with Crippen molar-refractivity contribution in [3.63, 3.8) is 0 Å². The van der Waals surface area contributed by atoms with E-state index in [0.717, 1.165) is 63.7 Å². The summed E-state index contributed by atoms with van der Waals surface area (Å²) in [4.78, 5) is 18.5. The lowest BCUT2D eigenvalue weighted by atomic mass is 9.42. The summed E-state index contributed by atoms with van der Waals surface area (Å²) >= 11 is 0. The smallest absolute Gasteiger partial charge is 0.141 e. The van der Waals surface area contributed by atoms with Gasteiger partial charge in [0.05, 0.1) is 11.8 Å². The van der Waals surface area contributed by atoms with E-state index in [1.807, 2.05) is 0 Å². The molecule has 0 aromatic carbocycles. The Morgan fingerprint density at radius 2 is 1.97 bits per heavy atom. The van der Waals surface area contributed by atoms with Gasteiger partial charge in [0.1, 0.15) is 11.9 Å². The molecule has 0 bridgehead atoms. The van der Waals surface area contributed by atoms with Crippen LogP contribution in [0.3, 0.4) is 0 Å². The summed E-state index contributed by atoms with van der Waals surface area (Å²) in [6.45, 7) is 6.38. The van der Waals surface area contributed by atoms with Gasteiger partial charge in [-0.05, 0) is 74.2 Å². The minimum absolute atomic E-state index is 0.00268. The van der Waals surface area contributed by atoms with Crippen LogP contribution in [0.5, 0.6) is 0 Å². The maximum atomic E-state index is 12.7. The topological polar surface area (TPSA) is 91.2 Å². The zero-order valence-electron chi connectivity index (χ0n) is 18.5. The van der Waals surface area contributed by atoms with E-state index in [0.29, 0.717) is 18.1 Å². The Morgan fingerprint density at radius 1 is 1.13 bits per heavy atom. The van der Waals surface area contributed by atoms with E-state index in [-0.39, 0.29) is 47.2 Å². The van der Waals surface area contributed by atoms with E-state index in [1.54, 1.807) is 0 Å². The molecule has 1 heterocycles. The number of Topliss-reactive ketones (excluding diaryl/α,β-unsaturated/α-hetero) is 1. The second kappa shape index (κ2) is 7.56. The second-order valence-electron chi connectivity index (χ2n) is 11.2. The summed E-state index contributed by atoms with van der Waals surface area (Å²) in [7, 11) is 0. The highest BCUT2D eigenvalue weighted by Gasteiger charge is 2.64. The van der Waals surface area contributed by atoms with E-state index in [9.17, 15) is 15.0 Å². The Hall–Kier alpha value is -0.980. The molecular weight excluding hydrogens is 380 g/mol. The maximum absolute atomic E-state index is 12.7. The average molecular weight is 419 g/mol. The normalized spacial score (nSPS) is 52.1. The van der Waals surface area contributed by atoms with Gasteiger partial charge in [-0.2, -0.15) is 0 Å². The number of nitrogens with one attached hydrogen (secondary N) is 1. The molecule has 9 atom stereocenters. The van der Waals surface area contributed by atoms with Crippen LogP contribution in [0.2, 0.25) is 0 Å². The first-order chi connectivity index (χ1) is 14.4. The van der Waals surface area contributed by atoms with Crippen LogP contribution in [-0.4, -0.2) is 53.6 Å². The van der Waals surface area contributed by atoms with Crippen molar-refractivity contribution >= 4 is 11.5 Å². The molecule has 5 rings (SSSR count). The number of carbonyl (C=O) groups is 1. The average Bonchev–Trinajstić information content (AvgIpc) is 3.36. The van der Waals surface area contributed by atoms with Gasteiger partial charge >= 0.3 is 0 Å². The molecule has 4 aliphatic carbocycles. The van der Waals surface area contributed by atoms with E-state index >= 15 is 0 Å². The van der Waals surface area contributed by atoms with Gasteiger partial charge < -0.3 is 20.4 Å². The molecule has 3 N–H and O–H groups in total. The maximum Gasteiger partial charge on any atom is 0.141 e. The number of fused-ring (bicyclic) bond motifs is 5. The summed E-state index contributed by atoms with van der Waals surface area (Å²) in [5.74, 6) is 1.28. The molecule has 5 aliphatic rings. The number of hydrogen-bond acceptors (Lipinski definition) is 6. The third kappa shape index (κ3) is 3.01. The summed E-state index contributed by atoms with van der Waals surface area (Å²) < 4.78 is 0. The molecule has 168 valence electrons. The predicted molar refractivity (Wildman–Crippen MR) is 114 cm³/mol. The summed E-state index contributed by atoms with van der Waals surface area (Å²) in [6.07, 6.45) is 6.94. The molecule has 5 fully saturated rings. The Kier molecular flexibility index (Phi) is 5.27. The van der Waals surface area contributed by atoms with Crippen molar-refractivity contribution < 1.29 is 19.8 Å². The van der Waals surface area contributed by atoms with E-state index in [2.05, 4.69) is 24.3 Å². The molecule has 1 aliphatic heterocycles. The highest BCUT2D eigenvalue weighted by atomic mass is 16.6. The number of oxime groups is 1. The number of ketones is 1. The molecule has 0 amide bonds. The van der Waals surface area contributed by atoms with Crippen molar-refractivity contribution in [2.45, 2.75) is 77.4 Å². The molecule has 0 spiro atoms. The number of rotatable bonds is 3. The number of nitrogens with zero attached hydrogens (tertiary/aromatic N) is 1. The third-order valence-electron chi connectivity index (χ3n) is 10.1. The van der Waals surface area contributed by atoms with E-state index in [1.165, 1.54) is 0 Å². The zero-order chi connectivity index (χ0) is 21.1. The Balaban J connectivity index is 1.41. The molecular formula is C24H38N2O4. The summed E-state index contributed by atoms with van der Waals surface area (Å²) in [5, 5.41) is 29.7. The lowest BCUT2D eigenvalue weighted by Gasteiger charge is -2.63. The monoisotopic (exact) mass is 418 g/mol. The molecule has 0 radical (unpaired) electrons. The first-order valence-electron chi connectivity index (χ1n) is 12.1. The van der Waals surface area contributed by atoms with Gasteiger partial charge in [-0.1, -0.05) is 19.0 Å². The highest BCUT2D eigenvalue weighted by molar-refractivity contribution is 5.87. The minimum atomic E-state index is -0.534. The van der Waals surface area contributed by atoms with Crippen molar-refractivity contribution in [1.29, 1.82) is 0 Å². The lowest BCUT2D eigenvalue weighted by Crippen LogP contribution is -2.62. The molecule has 6 nitrogen and oxygen atoms in total. The van der Waals surface area contributed by atoms with Crippen molar-refractivity contribution in [2.75, 3.05) is 19.7 Å². The van der Waals surface area contributed by atoms with Crippen molar-refractivity contribution in [3.8, 4) is 0 Å². The van der Waals surface area contributed by atoms with E-state index < -0.39 is 6.10 Å². The van der Waals surface area contributed by atoms with Gasteiger partial charge in [-0.25, -0.2) is 0 Å². The first kappa shape index (κ1) is 20.9. The second-order valence-corrected chi connectivity index (χ2v) is 11.2. The van der Waals surface area contributed by atoms with Crippen LogP contribution >= 0.6 is 0 Å². The van der Waals surface area contributed by atoms with Gasteiger partial charge in [0.15, 0.2) is 0 Å². The predicted octanol–water partition coefficient (Wildman–Crippen LogP) is 2.52. The number of aliphatic hydroxyl groups excluding tert-OH is 2. The van der Waals surface area contributed by atoms with Crippen LogP contribution in [-0.2, 0) is 9.63 Å². The minimum Gasteiger partial charge on any atom is -0.396 e. The molecule has 30 heavy (non-hydrogen) atoms. The third-order valence-corrected chi connectivity index (χ3v) is 10.1. The van der Waals surface area contributed by atoms with Crippen molar-refractivity contribution in [3.05, 3.63) is 0 Å². The van der Waals surface area contributed by atoms with E-state index in [4.69, 9.17) is 4.84 Å². The van der Waals surface area contributed by atoms with Crippen LogP contribution in [0.4, 0.5) is 0 Å². The quantitative estimate of drug-likeness (QED) is 0.613. The molecule has 0 aromatic rings. The fourth-order valence-electron chi connectivity index (χ4n) is 8.21. The summed E-state index contributed by atoms with van der Waals surface area (Å²) in [6, 6.07) is 0. The molecule has 1 saturated heterocycles. The highest BCUT2D eigenvalue weighted by Crippen LogP contribution is 2.66. The van der Waals surface area contributed by atoms with Crippen LogP contribution in [0, 0.1) is 40.4 Å². The Bertz CT molecular complexity index is 720. The van der Waals surface area contributed by atoms with Crippen LogP contribution < -0.4 is 5.32 Å². The number of carbonyl (C=O) groups excluding carboxylic acids is 1. The molecule has 3 unspecified atom stereocenters. The standard InChI is InChI=1S/C24H38N2O4/c1-23-8-5-14(26-30-15-7-10-25-12-15)11-19(23)16(13-27)22(29)21-17-3-4-20(28)24(17,2)9-6-18(21)23/h15-19,21-22,25,27,29H,3-13H2,1-2H3/t15-,16?,17-,18+,19?,21-,22?,23+,24-/m0/s1. The largest absolute Gasteiger partial charge is 0.396 e. The first-order valence-corrected chi connectivity index (χ1v) is 12.1. The molecule has 6 heteroatoms. The summed E-state index contributed by atoms with van der Waals surface area (Å²) in [5.41, 5.74) is 0.902. The Labute approximate surface area is 179 Å². The van der Waals surface area contributed by atoms with Gasteiger partial charge in [0.25, 0.3) is 0 Å². The van der Waals surface area contributed by atoms with Gasteiger partial charge in [0, 0.05) is 37.3 Å². The number of hydrogen-bond donors (Lipinski definition) is 3. The van der Waals surface area contributed by atoms with Crippen LogP contribution in [0.25, 0.3) is 0 Å². The molecule has 0 aromatic heterocycles.